The number of hydrazine groups is 1. The molecule has 0 bridgehead atoms. The Morgan fingerprint density at radius 1 is 0.931 bits per heavy atom. The molecular formula is C21H19N5O3. The molecule has 4 rings (SSSR count). The molecule has 2 heterocycles. The zero-order chi connectivity index (χ0) is 20.4. The predicted molar refractivity (Wildman–Crippen MR) is 109 cm³/mol. The number of rotatable bonds is 4. The van der Waals surface area contributed by atoms with Crippen LogP contribution in [0.2, 0.25) is 0 Å². The summed E-state index contributed by atoms with van der Waals surface area (Å²) in [6.45, 7) is 0.204. The first kappa shape index (κ1) is 18.4. The molecule has 2 aromatic heterocycles. The Kier molecular flexibility index (Phi) is 4.82. The number of benzene rings is 2. The van der Waals surface area contributed by atoms with Crippen LogP contribution in [0.3, 0.4) is 0 Å². The highest BCUT2D eigenvalue weighted by atomic mass is 16.2. The predicted octanol–water partition coefficient (Wildman–Crippen LogP) is 1.74. The number of para-hydroxylation sites is 3. The third kappa shape index (κ3) is 3.60. The van der Waals surface area contributed by atoms with Crippen molar-refractivity contribution in [3.8, 4) is 0 Å². The van der Waals surface area contributed by atoms with Gasteiger partial charge in [0.1, 0.15) is 5.69 Å². The highest BCUT2D eigenvalue weighted by Crippen LogP contribution is 2.12. The van der Waals surface area contributed by atoms with Crippen molar-refractivity contribution in [3.63, 3.8) is 0 Å². The number of imidazole rings is 1. The Balaban J connectivity index is 1.38. The van der Waals surface area contributed by atoms with Crippen molar-refractivity contribution in [1.82, 2.24) is 25.0 Å². The normalized spacial score (nSPS) is 10.9. The smallest absolute Gasteiger partial charge is 0.295 e. The van der Waals surface area contributed by atoms with Gasteiger partial charge < -0.3 is 0 Å². The van der Waals surface area contributed by atoms with Crippen molar-refractivity contribution >= 4 is 33.8 Å². The lowest BCUT2D eigenvalue weighted by Crippen LogP contribution is -2.42. The molecule has 2 amide bonds. The molecule has 0 radical (unpaired) electrons. The third-order valence-electron chi connectivity index (χ3n) is 4.76. The second-order valence-corrected chi connectivity index (χ2v) is 6.62. The summed E-state index contributed by atoms with van der Waals surface area (Å²) in [7, 11) is 1.69. The van der Waals surface area contributed by atoms with Gasteiger partial charge >= 0.3 is 5.69 Å². The summed E-state index contributed by atoms with van der Waals surface area (Å²) >= 11 is 0. The summed E-state index contributed by atoms with van der Waals surface area (Å²) in [5, 5.41) is 0.925. The van der Waals surface area contributed by atoms with Crippen molar-refractivity contribution in [2.75, 3.05) is 0 Å². The van der Waals surface area contributed by atoms with Gasteiger partial charge in [-0.25, -0.2) is 9.78 Å². The summed E-state index contributed by atoms with van der Waals surface area (Å²) < 4.78 is 3.09. The second-order valence-electron chi connectivity index (χ2n) is 6.62. The van der Waals surface area contributed by atoms with Crippen LogP contribution in [0.4, 0.5) is 0 Å². The zero-order valence-electron chi connectivity index (χ0n) is 15.8. The Hall–Kier alpha value is -3.94. The van der Waals surface area contributed by atoms with Gasteiger partial charge in [0, 0.05) is 25.4 Å². The van der Waals surface area contributed by atoms with E-state index in [4.69, 9.17) is 0 Å². The highest BCUT2D eigenvalue weighted by Gasteiger charge is 2.13. The van der Waals surface area contributed by atoms with Gasteiger partial charge in [0.05, 0.1) is 16.6 Å². The molecule has 0 aliphatic rings. The lowest BCUT2D eigenvalue weighted by atomic mass is 10.2. The maximum atomic E-state index is 12.4. The molecule has 2 aromatic carbocycles. The number of nitrogens with zero attached hydrogens (tertiary/aromatic N) is 3. The van der Waals surface area contributed by atoms with Crippen LogP contribution < -0.4 is 16.5 Å². The number of hydrogen-bond acceptors (Lipinski definition) is 4. The zero-order valence-corrected chi connectivity index (χ0v) is 15.8. The lowest BCUT2D eigenvalue weighted by Gasteiger charge is -2.08. The van der Waals surface area contributed by atoms with Gasteiger partial charge in [-0.2, -0.15) is 0 Å². The number of aryl methyl sites for hydroxylation is 2. The van der Waals surface area contributed by atoms with Crippen LogP contribution in [0.5, 0.6) is 0 Å². The first-order valence-electron chi connectivity index (χ1n) is 9.14. The molecule has 29 heavy (non-hydrogen) atoms. The maximum Gasteiger partial charge on any atom is 0.328 e. The summed E-state index contributed by atoms with van der Waals surface area (Å²) in [6.07, 6.45) is 0.0410. The molecule has 0 aliphatic carbocycles. The molecule has 0 spiro atoms. The average molecular weight is 389 g/mol. The van der Waals surface area contributed by atoms with E-state index in [1.807, 2.05) is 48.5 Å². The van der Waals surface area contributed by atoms with Gasteiger partial charge in [0.25, 0.3) is 5.91 Å². The fourth-order valence-corrected chi connectivity index (χ4v) is 3.24. The maximum absolute atomic E-state index is 12.4. The molecule has 0 aliphatic heterocycles. The summed E-state index contributed by atoms with van der Waals surface area (Å²) in [6, 6.07) is 18.2. The minimum atomic E-state index is -0.508. The van der Waals surface area contributed by atoms with Crippen molar-refractivity contribution in [1.29, 1.82) is 0 Å². The minimum absolute atomic E-state index is 0.0410. The monoisotopic (exact) mass is 389 g/mol. The van der Waals surface area contributed by atoms with Crippen LogP contribution in [-0.2, 0) is 18.4 Å². The largest absolute Gasteiger partial charge is 0.328 e. The van der Waals surface area contributed by atoms with E-state index in [0.717, 1.165) is 16.4 Å². The Morgan fingerprint density at radius 2 is 1.66 bits per heavy atom. The Bertz CT molecular complexity index is 1290. The number of carbonyl (C=O) groups excluding carboxylic acids is 2. The molecule has 4 aromatic rings. The van der Waals surface area contributed by atoms with Crippen LogP contribution in [-0.4, -0.2) is 25.9 Å². The van der Waals surface area contributed by atoms with E-state index in [0.29, 0.717) is 5.52 Å². The number of amides is 2. The minimum Gasteiger partial charge on any atom is -0.295 e. The van der Waals surface area contributed by atoms with Crippen molar-refractivity contribution < 1.29 is 9.59 Å². The third-order valence-corrected chi connectivity index (χ3v) is 4.76. The van der Waals surface area contributed by atoms with Crippen LogP contribution in [0.25, 0.3) is 21.9 Å². The van der Waals surface area contributed by atoms with Gasteiger partial charge in [0.2, 0.25) is 5.91 Å². The average Bonchev–Trinajstić information content (AvgIpc) is 3.00. The topological polar surface area (TPSA) is 98.0 Å². The van der Waals surface area contributed by atoms with E-state index in [9.17, 15) is 14.4 Å². The van der Waals surface area contributed by atoms with Crippen LogP contribution in [0.15, 0.2) is 65.5 Å². The number of aromatic nitrogens is 3. The number of carbonyl (C=O) groups is 2. The molecule has 0 saturated heterocycles. The lowest BCUT2D eigenvalue weighted by molar-refractivity contribution is -0.122. The summed E-state index contributed by atoms with van der Waals surface area (Å²) in [5.74, 6) is -0.912. The second kappa shape index (κ2) is 7.59. The summed E-state index contributed by atoms with van der Waals surface area (Å²) in [4.78, 5) is 41.1. The molecule has 0 unspecified atom stereocenters. The van der Waals surface area contributed by atoms with Gasteiger partial charge in [-0.3, -0.25) is 29.6 Å². The van der Waals surface area contributed by atoms with Crippen molar-refractivity contribution in [2.45, 2.75) is 13.0 Å². The van der Waals surface area contributed by atoms with Gasteiger partial charge in [-0.1, -0.05) is 36.4 Å². The molecule has 0 saturated carbocycles. The van der Waals surface area contributed by atoms with Gasteiger partial charge in [-0.05, 0) is 24.3 Å². The standard InChI is InChI=1S/C21H19N5O3/c1-25-17-8-4-5-9-18(17)26(21(25)29)13-12-19(27)23-24-20(28)16-11-10-14-6-2-3-7-15(14)22-16/h2-11H,12-13H2,1H3,(H,23,27)(H,24,28). The molecule has 8 heteroatoms. The first-order valence-corrected chi connectivity index (χ1v) is 9.14. The fraction of sp³-hybridized carbons (Fsp3) is 0.143. The molecule has 0 fully saturated rings. The first-order chi connectivity index (χ1) is 14.0. The summed E-state index contributed by atoms with van der Waals surface area (Å²) in [5.41, 5.74) is 7.00. The Morgan fingerprint density at radius 3 is 2.48 bits per heavy atom. The van der Waals surface area contributed by atoms with E-state index in [1.165, 1.54) is 0 Å². The van der Waals surface area contributed by atoms with E-state index in [1.54, 1.807) is 28.3 Å². The van der Waals surface area contributed by atoms with Crippen LogP contribution >= 0.6 is 0 Å². The van der Waals surface area contributed by atoms with Crippen molar-refractivity contribution in [3.05, 3.63) is 76.8 Å². The SMILES string of the molecule is Cn1c(=O)n(CCC(=O)NNC(=O)c2ccc3ccccc3n2)c2ccccc21. The van der Waals surface area contributed by atoms with E-state index in [-0.39, 0.29) is 24.3 Å². The highest BCUT2D eigenvalue weighted by molar-refractivity contribution is 5.95. The fourth-order valence-electron chi connectivity index (χ4n) is 3.24. The molecule has 0 atom stereocenters. The molecular weight excluding hydrogens is 370 g/mol. The number of fused-ring (bicyclic) bond motifs is 2. The van der Waals surface area contributed by atoms with Gasteiger partial charge in [-0.15, -0.1) is 0 Å². The number of pyridine rings is 1. The van der Waals surface area contributed by atoms with E-state index in [2.05, 4.69) is 15.8 Å². The van der Waals surface area contributed by atoms with E-state index < -0.39 is 11.8 Å². The van der Waals surface area contributed by atoms with Crippen LogP contribution in [0.1, 0.15) is 16.9 Å². The number of hydrogen-bond donors (Lipinski definition) is 2. The quantitative estimate of drug-likeness (QED) is 0.520. The molecule has 2 N–H and O–H groups in total. The number of nitrogens with one attached hydrogen (secondary N) is 2. The van der Waals surface area contributed by atoms with E-state index >= 15 is 0 Å². The molecule has 146 valence electrons. The van der Waals surface area contributed by atoms with Crippen molar-refractivity contribution in [2.24, 2.45) is 7.05 Å². The van der Waals surface area contributed by atoms with Crippen LogP contribution in [0, 0.1) is 0 Å². The van der Waals surface area contributed by atoms with Gasteiger partial charge in [0.15, 0.2) is 0 Å². The molecule has 8 nitrogen and oxygen atoms in total. The Labute approximate surface area is 165 Å².